The van der Waals surface area contributed by atoms with Crippen LogP contribution >= 0.6 is 0 Å². The average molecular weight is 662 g/mol. The van der Waals surface area contributed by atoms with Gasteiger partial charge in [0.15, 0.2) is 0 Å². The molecule has 0 aliphatic carbocycles. The molecule has 0 saturated heterocycles. The van der Waals surface area contributed by atoms with E-state index in [9.17, 15) is 0 Å². The molecule has 0 amide bonds. The number of nitrogens with zero attached hydrogens (tertiary/aromatic N) is 1. The van der Waals surface area contributed by atoms with Crippen LogP contribution < -0.4 is 25.6 Å². The molecular formula is C46H39NSi2. The highest BCUT2D eigenvalue weighted by molar-refractivity contribution is 7.05. The topological polar surface area (TPSA) is 3.24 Å². The summed E-state index contributed by atoms with van der Waals surface area (Å²) in [6.45, 7) is 10.1. The zero-order chi connectivity index (χ0) is 33.3. The van der Waals surface area contributed by atoms with Gasteiger partial charge in [-0.05, 0) is 95.6 Å². The standard InChI is InChI=1S/C46H39NSi2/c1-48(2)44-30-35(33-17-9-6-10-18-33)25-27-39(44)40-28-26-37(31-45(40)48)47(36-20-13-19-34(29-36)32-15-7-5-8-16-32)42-23-14-22-41-38-21-11-12-24-43(38)49(3,4)46(41)42/h5-31H,1-4H3. The quantitative estimate of drug-likeness (QED) is 0.166. The third kappa shape index (κ3) is 4.64. The van der Waals surface area contributed by atoms with Gasteiger partial charge in [0.05, 0.1) is 0 Å². The molecule has 0 N–H and O–H groups in total. The third-order valence-electron chi connectivity index (χ3n) is 11.0. The van der Waals surface area contributed by atoms with Gasteiger partial charge in [0.25, 0.3) is 0 Å². The van der Waals surface area contributed by atoms with Crippen molar-refractivity contribution < 1.29 is 0 Å². The maximum atomic E-state index is 2.56. The van der Waals surface area contributed by atoms with E-state index in [2.05, 4.69) is 195 Å². The highest BCUT2D eigenvalue weighted by Crippen LogP contribution is 2.42. The molecule has 0 atom stereocenters. The average Bonchev–Trinajstić information content (AvgIpc) is 3.52. The second-order valence-electron chi connectivity index (χ2n) is 14.6. The van der Waals surface area contributed by atoms with E-state index < -0.39 is 16.1 Å². The van der Waals surface area contributed by atoms with Gasteiger partial charge in [-0.2, -0.15) is 0 Å². The van der Waals surface area contributed by atoms with Gasteiger partial charge in [0.1, 0.15) is 16.1 Å². The Hall–Kier alpha value is -5.23. The Morgan fingerprint density at radius 3 is 1.61 bits per heavy atom. The molecule has 49 heavy (non-hydrogen) atoms. The van der Waals surface area contributed by atoms with Crippen LogP contribution in [0.5, 0.6) is 0 Å². The van der Waals surface area contributed by atoms with Crippen LogP contribution in [0.15, 0.2) is 164 Å². The molecule has 2 heterocycles. The lowest BCUT2D eigenvalue weighted by molar-refractivity contribution is 1.30. The number of anilines is 3. The SMILES string of the molecule is C[Si]1(C)c2cc(-c3ccccc3)ccc2-c2ccc(N(c3cccc(-c4ccccc4)c3)c3cccc4c3[Si](C)(C)c3ccccc3-4)cc21. The summed E-state index contributed by atoms with van der Waals surface area (Å²) < 4.78 is 0. The van der Waals surface area contributed by atoms with E-state index in [-0.39, 0.29) is 0 Å². The molecule has 7 aromatic carbocycles. The molecule has 0 saturated carbocycles. The first-order valence-corrected chi connectivity index (χ1v) is 23.4. The largest absolute Gasteiger partial charge is 0.311 e. The van der Waals surface area contributed by atoms with E-state index in [0.29, 0.717) is 0 Å². The predicted molar refractivity (Wildman–Crippen MR) is 216 cm³/mol. The molecule has 0 radical (unpaired) electrons. The van der Waals surface area contributed by atoms with Crippen LogP contribution in [0.3, 0.4) is 0 Å². The molecule has 0 bridgehead atoms. The van der Waals surface area contributed by atoms with E-state index in [4.69, 9.17) is 0 Å². The molecule has 0 unspecified atom stereocenters. The zero-order valence-electron chi connectivity index (χ0n) is 28.5. The third-order valence-corrected chi connectivity index (χ3v) is 18.1. The van der Waals surface area contributed by atoms with Gasteiger partial charge in [-0.1, -0.05) is 160 Å². The Labute approximate surface area is 292 Å². The number of hydrogen-bond acceptors (Lipinski definition) is 1. The van der Waals surface area contributed by atoms with Crippen molar-refractivity contribution in [1.82, 2.24) is 0 Å². The first kappa shape index (κ1) is 29.9. The van der Waals surface area contributed by atoms with E-state index in [1.54, 1.807) is 0 Å². The van der Waals surface area contributed by atoms with Gasteiger partial charge in [-0.15, -0.1) is 0 Å². The van der Waals surface area contributed by atoms with Crippen molar-refractivity contribution in [3.05, 3.63) is 164 Å². The van der Waals surface area contributed by atoms with Crippen LogP contribution in [-0.4, -0.2) is 16.1 Å². The normalized spacial score (nSPS) is 14.4. The van der Waals surface area contributed by atoms with E-state index in [0.717, 1.165) is 0 Å². The lowest BCUT2D eigenvalue weighted by Gasteiger charge is -2.32. The maximum Gasteiger partial charge on any atom is 0.116 e. The summed E-state index contributed by atoms with van der Waals surface area (Å²) in [6, 6.07) is 61.3. The molecular weight excluding hydrogens is 623 g/mol. The minimum absolute atomic E-state index is 1.19. The van der Waals surface area contributed by atoms with Crippen molar-refractivity contribution in [2.45, 2.75) is 26.2 Å². The highest BCUT2D eigenvalue weighted by Gasteiger charge is 2.41. The predicted octanol–water partition coefficient (Wildman–Crippen LogP) is 10.1. The second-order valence-corrected chi connectivity index (χ2v) is 23.2. The molecule has 0 spiro atoms. The molecule has 7 aromatic rings. The van der Waals surface area contributed by atoms with Crippen molar-refractivity contribution >= 4 is 54.0 Å². The smallest absolute Gasteiger partial charge is 0.116 e. The first-order valence-electron chi connectivity index (χ1n) is 17.4. The summed E-state index contributed by atoms with van der Waals surface area (Å²) in [6.07, 6.45) is 0. The molecule has 0 aromatic heterocycles. The Bertz CT molecular complexity index is 2390. The highest BCUT2D eigenvalue weighted by atomic mass is 28.3. The maximum absolute atomic E-state index is 2.56. The van der Waals surface area contributed by atoms with Crippen LogP contribution in [-0.2, 0) is 0 Å². The Morgan fingerprint density at radius 2 is 0.878 bits per heavy atom. The van der Waals surface area contributed by atoms with Gasteiger partial charge in [-0.25, -0.2) is 0 Å². The number of hydrogen-bond donors (Lipinski definition) is 0. The fourth-order valence-electron chi connectivity index (χ4n) is 8.56. The number of benzene rings is 7. The van der Waals surface area contributed by atoms with Gasteiger partial charge < -0.3 is 4.90 Å². The molecule has 2 aliphatic heterocycles. The van der Waals surface area contributed by atoms with E-state index >= 15 is 0 Å². The van der Waals surface area contributed by atoms with Crippen LogP contribution in [0.4, 0.5) is 17.1 Å². The van der Waals surface area contributed by atoms with Crippen LogP contribution in [0.1, 0.15) is 0 Å². The minimum Gasteiger partial charge on any atom is -0.311 e. The summed E-state index contributed by atoms with van der Waals surface area (Å²) >= 11 is 0. The Morgan fingerprint density at radius 1 is 0.347 bits per heavy atom. The summed E-state index contributed by atoms with van der Waals surface area (Å²) in [7, 11) is -4.01. The van der Waals surface area contributed by atoms with Crippen molar-refractivity contribution in [2.24, 2.45) is 0 Å². The lowest BCUT2D eigenvalue weighted by Crippen LogP contribution is -2.51. The zero-order valence-corrected chi connectivity index (χ0v) is 30.5. The van der Waals surface area contributed by atoms with E-state index in [1.165, 1.54) is 82.3 Å². The van der Waals surface area contributed by atoms with Crippen LogP contribution in [0.25, 0.3) is 44.5 Å². The second kappa shape index (κ2) is 11.2. The van der Waals surface area contributed by atoms with Gasteiger partial charge >= 0.3 is 0 Å². The monoisotopic (exact) mass is 661 g/mol. The van der Waals surface area contributed by atoms with Gasteiger partial charge in [-0.3, -0.25) is 0 Å². The van der Waals surface area contributed by atoms with Crippen LogP contribution in [0.2, 0.25) is 26.2 Å². The van der Waals surface area contributed by atoms with E-state index in [1.807, 2.05) is 0 Å². The summed E-state index contributed by atoms with van der Waals surface area (Å²) in [5, 5.41) is 6.10. The molecule has 2 aliphatic rings. The van der Waals surface area contributed by atoms with Crippen molar-refractivity contribution in [3.63, 3.8) is 0 Å². The summed E-state index contributed by atoms with van der Waals surface area (Å²) in [5.74, 6) is 0. The molecule has 1 nitrogen and oxygen atoms in total. The van der Waals surface area contributed by atoms with Crippen molar-refractivity contribution in [2.75, 3.05) is 4.90 Å². The first-order chi connectivity index (χ1) is 23.8. The van der Waals surface area contributed by atoms with Gasteiger partial charge in [0, 0.05) is 17.1 Å². The molecule has 0 fully saturated rings. The number of fused-ring (bicyclic) bond motifs is 6. The fourth-order valence-corrected chi connectivity index (χ4v) is 15.1. The summed E-state index contributed by atoms with van der Waals surface area (Å²) in [5.41, 5.74) is 14.4. The molecule has 236 valence electrons. The summed E-state index contributed by atoms with van der Waals surface area (Å²) in [4.78, 5) is 2.56. The number of rotatable bonds is 5. The molecule has 3 heteroatoms. The van der Waals surface area contributed by atoms with Crippen molar-refractivity contribution in [1.29, 1.82) is 0 Å². The van der Waals surface area contributed by atoms with Gasteiger partial charge in [0.2, 0.25) is 0 Å². The van der Waals surface area contributed by atoms with Crippen LogP contribution in [0, 0.1) is 0 Å². The molecule has 9 rings (SSSR count). The Balaban J connectivity index is 1.24. The lowest BCUT2D eigenvalue weighted by atomic mass is 9.99. The van der Waals surface area contributed by atoms with Crippen molar-refractivity contribution in [3.8, 4) is 44.5 Å². The fraction of sp³-hybridized carbons (Fsp3) is 0.0870. The Kier molecular flexibility index (Phi) is 6.81. The minimum atomic E-state index is -2.01.